The third kappa shape index (κ3) is 1.78. The highest BCUT2D eigenvalue weighted by atomic mass is 35.5. The molecule has 0 radical (unpaired) electrons. The summed E-state index contributed by atoms with van der Waals surface area (Å²) in [5.74, 6) is 0.633. The molecule has 1 aliphatic heterocycles. The number of anilines is 1. The Morgan fingerprint density at radius 1 is 1.16 bits per heavy atom. The molecule has 0 saturated carbocycles. The molecule has 0 bridgehead atoms. The zero-order valence-corrected chi connectivity index (χ0v) is 10.9. The molecule has 0 saturated heterocycles. The lowest BCUT2D eigenvalue weighted by atomic mass is 10.1. The minimum absolute atomic E-state index is 0.633. The van der Waals surface area contributed by atoms with Crippen molar-refractivity contribution in [1.82, 2.24) is 4.98 Å². The topological polar surface area (TPSA) is 38.1 Å². The number of hydrogen-bond donors (Lipinski definition) is 1. The number of nitrogens with zero attached hydrogens (tertiary/aromatic N) is 1. The van der Waals surface area contributed by atoms with E-state index < -0.39 is 0 Å². The molecule has 4 heteroatoms. The van der Waals surface area contributed by atoms with Gasteiger partial charge in [-0.15, -0.1) is 0 Å². The molecular formula is C15H11ClN2O. The molecule has 0 fully saturated rings. The van der Waals surface area contributed by atoms with Crippen molar-refractivity contribution in [2.45, 2.75) is 6.42 Å². The van der Waals surface area contributed by atoms with Crippen LogP contribution in [0.3, 0.4) is 0 Å². The molecular weight excluding hydrogens is 260 g/mol. The lowest BCUT2D eigenvalue weighted by molar-refractivity contribution is 0.620. The number of halogens is 1. The maximum atomic E-state index is 5.96. The molecule has 0 spiro atoms. The number of rotatable bonds is 1. The molecule has 3 aromatic rings. The van der Waals surface area contributed by atoms with Crippen molar-refractivity contribution in [2.75, 3.05) is 11.9 Å². The Balaban J connectivity index is 1.85. The van der Waals surface area contributed by atoms with Crippen molar-refractivity contribution < 1.29 is 4.42 Å². The van der Waals surface area contributed by atoms with E-state index in [1.54, 1.807) is 0 Å². The van der Waals surface area contributed by atoms with Crippen LogP contribution < -0.4 is 5.32 Å². The minimum atomic E-state index is 0.633. The Labute approximate surface area is 115 Å². The molecule has 0 atom stereocenters. The molecule has 1 aromatic heterocycles. The molecule has 19 heavy (non-hydrogen) atoms. The number of nitrogens with one attached hydrogen (secondary N) is 1. The summed E-state index contributed by atoms with van der Waals surface area (Å²) in [5.41, 5.74) is 5.06. The Morgan fingerprint density at radius 3 is 3.05 bits per heavy atom. The van der Waals surface area contributed by atoms with Gasteiger partial charge in [-0.3, -0.25) is 0 Å². The molecule has 0 amide bonds. The van der Waals surface area contributed by atoms with Gasteiger partial charge in [-0.05, 0) is 42.3 Å². The largest absolute Gasteiger partial charge is 0.436 e. The molecule has 0 unspecified atom stereocenters. The van der Waals surface area contributed by atoms with E-state index >= 15 is 0 Å². The van der Waals surface area contributed by atoms with E-state index in [1.807, 2.05) is 18.2 Å². The van der Waals surface area contributed by atoms with Gasteiger partial charge in [-0.25, -0.2) is 4.98 Å². The number of hydrogen-bond acceptors (Lipinski definition) is 3. The van der Waals surface area contributed by atoms with Gasteiger partial charge in [-0.2, -0.15) is 0 Å². The normalized spacial score (nSPS) is 13.5. The number of benzene rings is 2. The second kappa shape index (κ2) is 4.00. The summed E-state index contributed by atoms with van der Waals surface area (Å²) in [6.07, 6.45) is 1.08. The SMILES string of the molecule is Clc1ccc2oc(-c3ccc4c(c3)NCC4)nc2c1. The molecule has 2 heterocycles. The second-order valence-electron chi connectivity index (χ2n) is 4.68. The van der Waals surface area contributed by atoms with Crippen molar-refractivity contribution in [3.05, 3.63) is 47.0 Å². The van der Waals surface area contributed by atoms with Gasteiger partial charge in [0.1, 0.15) is 5.52 Å². The monoisotopic (exact) mass is 270 g/mol. The Kier molecular flexibility index (Phi) is 2.29. The Morgan fingerprint density at radius 2 is 2.11 bits per heavy atom. The molecule has 2 aromatic carbocycles. The van der Waals surface area contributed by atoms with Crippen LogP contribution in [0.2, 0.25) is 5.02 Å². The molecule has 3 nitrogen and oxygen atoms in total. The quantitative estimate of drug-likeness (QED) is 0.723. The van der Waals surface area contributed by atoms with Crippen LogP contribution in [0.15, 0.2) is 40.8 Å². The highest BCUT2D eigenvalue weighted by Gasteiger charge is 2.14. The summed E-state index contributed by atoms with van der Waals surface area (Å²) >= 11 is 5.96. The van der Waals surface area contributed by atoms with Crippen LogP contribution in [0.5, 0.6) is 0 Å². The van der Waals surface area contributed by atoms with E-state index in [9.17, 15) is 0 Å². The maximum absolute atomic E-state index is 5.96. The summed E-state index contributed by atoms with van der Waals surface area (Å²) in [7, 11) is 0. The predicted octanol–water partition coefficient (Wildman–Crippen LogP) is 4.12. The van der Waals surface area contributed by atoms with Crippen molar-refractivity contribution >= 4 is 28.4 Å². The molecule has 1 N–H and O–H groups in total. The predicted molar refractivity (Wildman–Crippen MR) is 76.6 cm³/mol. The van der Waals surface area contributed by atoms with Crippen molar-refractivity contribution in [3.63, 3.8) is 0 Å². The summed E-state index contributed by atoms with van der Waals surface area (Å²) in [6.45, 7) is 1.00. The van der Waals surface area contributed by atoms with Crippen LogP contribution in [-0.2, 0) is 6.42 Å². The van der Waals surface area contributed by atoms with E-state index in [-0.39, 0.29) is 0 Å². The van der Waals surface area contributed by atoms with E-state index in [1.165, 1.54) is 11.3 Å². The molecule has 4 rings (SSSR count). The van der Waals surface area contributed by atoms with E-state index in [0.29, 0.717) is 10.9 Å². The van der Waals surface area contributed by atoms with Gasteiger partial charge in [0.25, 0.3) is 0 Å². The van der Waals surface area contributed by atoms with Gasteiger partial charge in [0.05, 0.1) is 0 Å². The van der Waals surface area contributed by atoms with Crippen LogP contribution in [0.25, 0.3) is 22.6 Å². The molecule has 0 aliphatic carbocycles. The van der Waals surface area contributed by atoms with E-state index in [2.05, 4.69) is 28.5 Å². The van der Waals surface area contributed by atoms with E-state index in [0.717, 1.165) is 29.6 Å². The first kappa shape index (κ1) is 10.9. The second-order valence-corrected chi connectivity index (χ2v) is 5.12. The molecule has 94 valence electrons. The van der Waals surface area contributed by atoms with E-state index in [4.69, 9.17) is 16.0 Å². The fourth-order valence-corrected chi connectivity index (χ4v) is 2.61. The van der Waals surface area contributed by atoms with Crippen molar-refractivity contribution in [2.24, 2.45) is 0 Å². The van der Waals surface area contributed by atoms with Gasteiger partial charge in [-0.1, -0.05) is 17.7 Å². The smallest absolute Gasteiger partial charge is 0.227 e. The average molecular weight is 271 g/mol. The third-order valence-electron chi connectivity index (χ3n) is 3.42. The van der Waals surface area contributed by atoms with Crippen LogP contribution in [0.4, 0.5) is 5.69 Å². The summed E-state index contributed by atoms with van der Waals surface area (Å²) < 4.78 is 5.77. The highest BCUT2D eigenvalue weighted by molar-refractivity contribution is 6.31. The van der Waals surface area contributed by atoms with Gasteiger partial charge >= 0.3 is 0 Å². The van der Waals surface area contributed by atoms with Crippen molar-refractivity contribution in [1.29, 1.82) is 0 Å². The number of fused-ring (bicyclic) bond motifs is 2. The summed E-state index contributed by atoms with van der Waals surface area (Å²) in [5, 5.41) is 4.03. The lowest BCUT2D eigenvalue weighted by Gasteiger charge is -2.01. The first-order valence-electron chi connectivity index (χ1n) is 6.23. The minimum Gasteiger partial charge on any atom is -0.436 e. The zero-order valence-electron chi connectivity index (χ0n) is 10.1. The molecule has 1 aliphatic rings. The van der Waals surface area contributed by atoms with Crippen molar-refractivity contribution in [3.8, 4) is 11.5 Å². The fourth-order valence-electron chi connectivity index (χ4n) is 2.45. The zero-order chi connectivity index (χ0) is 12.8. The third-order valence-corrected chi connectivity index (χ3v) is 3.65. The van der Waals surface area contributed by atoms with Gasteiger partial charge in [0.2, 0.25) is 5.89 Å². The summed E-state index contributed by atoms with van der Waals surface area (Å²) in [4.78, 5) is 4.49. The first-order valence-corrected chi connectivity index (χ1v) is 6.61. The number of aromatic nitrogens is 1. The maximum Gasteiger partial charge on any atom is 0.227 e. The van der Waals surface area contributed by atoms with Crippen LogP contribution in [-0.4, -0.2) is 11.5 Å². The van der Waals surface area contributed by atoms with Gasteiger partial charge in [0.15, 0.2) is 5.58 Å². The Bertz CT molecular complexity index is 779. The average Bonchev–Trinajstić information content (AvgIpc) is 3.02. The van der Waals surface area contributed by atoms with Crippen LogP contribution in [0.1, 0.15) is 5.56 Å². The lowest BCUT2D eigenvalue weighted by Crippen LogP contribution is -1.91. The standard InChI is InChI=1S/C15H11ClN2O/c16-11-3-4-14-13(8-11)18-15(19-14)10-2-1-9-5-6-17-12(9)7-10/h1-4,7-8,17H,5-6H2. The first-order chi connectivity index (χ1) is 9.29. The van der Waals surface area contributed by atoms with Gasteiger partial charge in [0, 0.05) is 22.8 Å². The Hall–Kier alpha value is -2.00. The fraction of sp³-hybridized carbons (Fsp3) is 0.133. The summed E-state index contributed by atoms with van der Waals surface area (Å²) in [6, 6.07) is 11.7. The van der Waals surface area contributed by atoms with Crippen LogP contribution in [0, 0.1) is 0 Å². The highest BCUT2D eigenvalue weighted by Crippen LogP contribution is 2.31. The van der Waals surface area contributed by atoms with Gasteiger partial charge < -0.3 is 9.73 Å². The number of oxazole rings is 1. The van der Waals surface area contributed by atoms with Crippen LogP contribution >= 0.6 is 11.6 Å².